The van der Waals surface area contributed by atoms with Gasteiger partial charge in [0, 0.05) is 13.0 Å². The summed E-state index contributed by atoms with van der Waals surface area (Å²) in [7, 11) is 0. The van der Waals surface area contributed by atoms with Crippen molar-refractivity contribution in [3.8, 4) is 0 Å². The molecule has 112 valence electrons. The standard InChI is InChI=1S/C14H25Cl2NO2/c1-11(5-7-17-13(19)10-16)8-14(2,3)6-4-12(18)9-15/h11H,4-10H2,1-3H3,(H,17,19). The molecule has 0 spiro atoms. The van der Waals surface area contributed by atoms with Crippen LogP contribution in [0.2, 0.25) is 0 Å². The third-order valence-corrected chi connectivity index (χ3v) is 3.75. The summed E-state index contributed by atoms with van der Waals surface area (Å²) in [6, 6.07) is 0. The Morgan fingerprint density at radius 3 is 2.37 bits per heavy atom. The molecule has 1 N–H and O–H groups in total. The third kappa shape index (κ3) is 10.2. The highest BCUT2D eigenvalue weighted by Crippen LogP contribution is 2.31. The summed E-state index contributed by atoms with van der Waals surface area (Å²) in [6.07, 6.45) is 3.36. The van der Waals surface area contributed by atoms with E-state index in [2.05, 4.69) is 26.1 Å². The molecule has 5 heteroatoms. The van der Waals surface area contributed by atoms with Gasteiger partial charge in [-0.2, -0.15) is 0 Å². The highest BCUT2D eigenvalue weighted by atomic mass is 35.5. The highest BCUT2D eigenvalue weighted by Gasteiger charge is 2.22. The van der Waals surface area contributed by atoms with Crippen LogP contribution in [0.5, 0.6) is 0 Å². The number of carbonyl (C=O) groups excluding carboxylic acids is 2. The van der Waals surface area contributed by atoms with Crippen molar-refractivity contribution in [1.29, 1.82) is 0 Å². The smallest absolute Gasteiger partial charge is 0.234 e. The Balaban J connectivity index is 3.91. The van der Waals surface area contributed by atoms with Crippen LogP contribution in [0.3, 0.4) is 0 Å². The van der Waals surface area contributed by atoms with Gasteiger partial charge in [-0.05, 0) is 30.6 Å². The molecule has 1 amide bonds. The van der Waals surface area contributed by atoms with Crippen molar-refractivity contribution in [1.82, 2.24) is 5.32 Å². The summed E-state index contributed by atoms with van der Waals surface area (Å²) in [5.41, 5.74) is 0.123. The zero-order valence-corrected chi connectivity index (χ0v) is 13.6. The van der Waals surface area contributed by atoms with E-state index < -0.39 is 0 Å². The van der Waals surface area contributed by atoms with Crippen LogP contribution in [0.1, 0.15) is 46.5 Å². The summed E-state index contributed by atoms with van der Waals surface area (Å²) in [6.45, 7) is 7.16. The molecule has 0 aromatic heterocycles. The third-order valence-electron chi connectivity index (χ3n) is 3.21. The summed E-state index contributed by atoms with van der Waals surface area (Å²) in [5, 5.41) is 2.77. The first kappa shape index (κ1) is 18.7. The molecule has 3 nitrogen and oxygen atoms in total. The van der Waals surface area contributed by atoms with Crippen molar-refractivity contribution in [2.24, 2.45) is 11.3 Å². The lowest BCUT2D eigenvalue weighted by atomic mass is 9.78. The fourth-order valence-corrected chi connectivity index (χ4v) is 2.43. The van der Waals surface area contributed by atoms with Gasteiger partial charge in [-0.25, -0.2) is 0 Å². The number of amides is 1. The molecule has 0 saturated heterocycles. The Morgan fingerprint density at radius 1 is 1.21 bits per heavy atom. The number of Topliss-reactive ketones (excluding diaryl/α,β-unsaturated/α-hetero) is 1. The number of nitrogens with one attached hydrogen (secondary N) is 1. The molecule has 0 fully saturated rings. The molecule has 0 aliphatic rings. The first-order chi connectivity index (χ1) is 8.80. The average Bonchev–Trinajstić information content (AvgIpc) is 2.35. The van der Waals surface area contributed by atoms with Gasteiger partial charge >= 0.3 is 0 Å². The van der Waals surface area contributed by atoms with E-state index in [0.29, 0.717) is 18.9 Å². The number of carbonyl (C=O) groups is 2. The van der Waals surface area contributed by atoms with Crippen LogP contribution in [0.25, 0.3) is 0 Å². The van der Waals surface area contributed by atoms with Crippen LogP contribution in [-0.2, 0) is 9.59 Å². The van der Waals surface area contributed by atoms with Crippen LogP contribution in [0, 0.1) is 11.3 Å². The van der Waals surface area contributed by atoms with Gasteiger partial charge in [0.25, 0.3) is 0 Å². The van der Waals surface area contributed by atoms with E-state index in [1.165, 1.54) is 0 Å². The molecule has 0 rings (SSSR count). The zero-order chi connectivity index (χ0) is 14.9. The monoisotopic (exact) mass is 309 g/mol. The fourth-order valence-electron chi connectivity index (χ4n) is 2.20. The molecule has 19 heavy (non-hydrogen) atoms. The van der Waals surface area contributed by atoms with Gasteiger partial charge in [-0.15, -0.1) is 23.2 Å². The molecule has 0 heterocycles. The van der Waals surface area contributed by atoms with Crippen molar-refractivity contribution >= 4 is 34.9 Å². The number of alkyl halides is 2. The molecular formula is C14H25Cl2NO2. The number of rotatable bonds is 10. The van der Waals surface area contributed by atoms with Crippen molar-refractivity contribution in [2.45, 2.75) is 46.5 Å². The molecular weight excluding hydrogens is 285 g/mol. The predicted molar refractivity (Wildman–Crippen MR) is 80.9 cm³/mol. The van der Waals surface area contributed by atoms with Crippen LogP contribution < -0.4 is 5.32 Å². The molecule has 0 aliphatic carbocycles. The molecule has 1 unspecified atom stereocenters. The Hall–Kier alpha value is -0.280. The summed E-state index contributed by atoms with van der Waals surface area (Å²) in [5.74, 6) is 0.602. The maximum absolute atomic E-state index is 11.2. The zero-order valence-electron chi connectivity index (χ0n) is 12.1. The van der Waals surface area contributed by atoms with Gasteiger partial charge in [0.15, 0.2) is 0 Å². The number of hydrogen-bond donors (Lipinski definition) is 1. The maximum atomic E-state index is 11.2. The lowest BCUT2D eigenvalue weighted by Crippen LogP contribution is -2.27. The number of hydrogen-bond acceptors (Lipinski definition) is 2. The lowest BCUT2D eigenvalue weighted by molar-refractivity contribution is -0.119. The number of ketones is 1. The van der Waals surface area contributed by atoms with Gasteiger partial charge in [0.1, 0.15) is 11.7 Å². The molecule has 0 aliphatic heterocycles. The lowest BCUT2D eigenvalue weighted by Gasteiger charge is -2.28. The van der Waals surface area contributed by atoms with E-state index >= 15 is 0 Å². The minimum Gasteiger partial charge on any atom is -0.355 e. The van der Waals surface area contributed by atoms with E-state index in [1.807, 2.05) is 0 Å². The molecule has 0 aromatic carbocycles. The first-order valence-corrected chi connectivity index (χ1v) is 7.78. The molecule has 0 saturated carbocycles. The van der Waals surface area contributed by atoms with E-state index in [4.69, 9.17) is 23.2 Å². The minimum atomic E-state index is -0.124. The van der Waals surface area contributed by atoms with Crippen LogP contribution >= 0.6 is 23.2 Å². The minimum absolute atomic E-state index is 0.0143. The van der Waals surface area contributed by atoms with E-state index in [9.17, 15) is 9.59 Å². The van der Waals surface area contributed by atoms with Crippen molar-refractivity contribution in [3.05, 3.63) is 0 Å². The van der Waals surface area contributed by atoms with Gasteiger partial charge in [-0.3, -0.25) is 9.59 Å². The first-order valence-electron chi connectivity index (χ1n) is 6.71. The van der Waals surface area contributed by atoms with Crippen LogP contribution in [0.15, 0.2) is 0 Å². The van der Waals surface area contributed by atoms with Crippen molar-refractivity contribution in [3.63, 3.8) is 0 Å². The van der Waals surface area contributed by atoms with Crippen molar-refractivity contribution < 1.29 is 9.59 Å². The normalized spacial score (nSPS) is 13.1. The largest absolute Gasteiger partial charge is 0.355 e. The summed E-state index contributed by atoms with van der Waals surface area (Å²) >= 11 is 10.9. The Bertz CT molecular complexity index is 293. The second-order valence-electron chi connectivity index (χ2n) is 5.92. The van der Waals surface area contributed by atoms with Gasteiger partial charge in [0.05, 0.1) is 5.88 Å². The topological polar surface area (TPSA) is 46.2 Å². The summed E-state index contributed by atoms with van der Waals surface area (Å²) < 4.78 is 0. The van der Waals surface area contributed by atoms with Crippen LogP contribution in [-0.4, -0.2) is 30.0 Å². The fraction of sp³-hybridized carbons (Fsp3) is 0.857. The molecule has 0 bridgehead atoms. The van der Waals surface area contributed by atoms with E-state index in [0.717, 1.165) is 19.3 Å². The van der Waals surface area contributed by atoms with Crippen molar-refractivity contribution in [2.75, 3.05) is 18.3 Å². The van der Waals surface area contributed by atoms with Gasteiger partial charge in [0.2, 0.25) is 5.91 Å². The Labute approximate surface area is 126 Å². The Kier molecular flexibility index (Phi) is 9.46. The SMILES string of the molecule is CC(CCNC(=O)CCl)CC(C)(C)CCC(=O)CCl. The molecule has 0 radical (unpaired) electrons. The van der Waals surface area contributed by atoms with E-state index in [-0.39, 0.29) is 28.9 Å². The second kappa shape index (κ2) is 9.60. The molecule has 0 aromatic rings. The Morgan fingerprint density at radius 2 is 1.84 bits per heavy atom. The van der Waals surface area contributed by atoms with Gasteiger partial charge in [-0.1, -0.05) is 20.8 Å². The average molecular weight is 310 g/mol. The predicted octanol–water partition coefficient (Wildman–Crippen LogP) is 3.37. The second-order valence-corrected chi connectivity index (χ2v) is 6.45. The highest BCUT2D eigenvalue weighted by molar-refractivity contribution is 6.27. The van der Waals surface area contributed by atoms with Gasteiger partial charge < -0.3 is 5.32 Å². The number of halogens is 2. The summed E-state index contributed by atoms with van der Waals surface area (Å²) in [4.78, 5) is 22.2. The quantitative estimate of drug-likeness (QED) is 0.629. The molecule has 1 atom stereocenters. The maximum Gasteiger partial charge on any atom is 0.234 e. The van der Waals surface area contributed by atoms with Crippen LogP contribution in [0.4, 0.5) is 0 Å². The van der Waals surface area contributed by atoms with E-state index in [1.54, 1.807) is 0 Å².